The number of hydrogen-bond acceptors (Lipinski definition) is 3. The molecule has 0 amide bonds. The summed E-state index contributed by atoms with van der Waals surface area (Å²) < 4.78 is 13.4. The Morgan fingerprint density at radius 3 is 2.70 bits per heavy atom. The predicted octanol–water partition coefficient (Wildman–Crippen LogP) is 4.41. The van der Waals surface area contributed by atoms with Crippen molar-refractivity contribution in [2.45, 2.75) is 43.7 Å². The number of rotatable bonds is 5. The predicted molar refractivity (Wildman–Crippen MR) is 90.3 cm³/mol. The van der Waals surface area contributed by atoms with Crippen LogP contribution >= 0.6 is 23.5 Å². The highest BCUT2D eigenvalue weighted by Gasteiger charge is 2.33. The van der Waals surface area contributed by atoms with Crippen LogP contribution in [0.4, 0.5) is 4.39 Å². The Labute approximate surface area is 130 Å². The van der Waals surface area contributed by atoms with Gasteiger partial charge in [-0.1, -0.05) is 19.9 Å². The molecule has 0 spiro atoms. The molecule has 0 radical (unpaired) electrons. The molecule has 20 heavy (non-hydrogen) atoms. The molecule has 1 heterocycles. The molecular formula is C16H24FNS2. The highest BCUT2D eigenvalue weighted by Crippen LogP contribution is 2.40. The highest BCUT2D eigenvalue weighted by atomic mass is 32.2. The molecule has 112 valence electrons. The SMILES string of the molecule is CCNC(c1ccc(F)cc1C)C1SCCSC1CC. The Morgan fingerprint density at radius 2 is 2.05 bits per heavy atom. The van der Waals surface area contributed by atoms with E-state index >= 15 is 0 Å². The zero-order valence-corrected chi connectivity index (χ0v) is 14.1. The second-order valence-electron chi connectivity index (χ2n) is 5.19. The molecule has 3 unspecified atom stereocenters. The lowest BCUT2D eigenvalue weighted by Gasteiger charge is -2.37. The molecule has 1 saturated heterocycles. The van der Waals surface area contributed by atoms with E-state index in [1.54, 1.807) is 12.1 Å². The third-order valence-electron chi connectivity index (χ3n) is 3.81. The summed E-state index contributed by atoms with van der Waals surface area (Å²) in [6.07, 6.45) is 1.20. The van der Waals surface area contributed by atoms with E-state index < -0.39 is 0 Å². The Morgan fingerprint density at radius 1 is 1.30 bits per heavy atom. The molecule has 1 aromatic carbocycles. The summed E-state index contributed by atoms with van der Waals surface area (Å²) in [4.78, 5) is 0. The molecule has 1 fully saturated rings. The number of benzene rings is 1. The van der Waals surface area contributed by atoms with Gasteiger partial charge in [0.05, 0.1) is 0 Å². The fourth-order valence-corrected chi connectivity index (χ4v) is 6.10. The van der Waals surface area contributed by atoms with Crippen LogP contribution in [0.25, 0.3) is 0 Å². The van der Waals surface area contributed by atoms with E-state index in [0.717, 1.165) is 12.1 Å². The second-order valence-corrected chi connectivity index (χ2v) is 7.82. The Bertz CT molecular complexity index is 438. The van der Waals surface area contributed by atoms with Crippen LogP contribution < -0.4 is 5.32 Å². The Balaban J connectivity index is 2.29. The van der Waals surface area contributed by atoms with E-state index in [9.17, 15) is 4.39 Å². The minimum atomic E-state index is -0.140. The van der Waals surface area contributed by atoms with Gasteiger partial charge in [-0.25, -0.2) is 4.39 Å². The van der Waals surface area contributed by atoms with Crippen molar-refractivity contribution in [2.75, 3.05) is 18.1 Å². The molecule has 0 aliphatic carbocycles. The van der Waals surface area contributed by atoms with Crippen LogP contribution in [0.5, 0.6) is 0 Å². The number of thioether (sulfide) groups is 2. The number of hydrogen-bond donors (Lipinski definition) is 1. The lowest BCUT2D eigenvalue weighted by atomic mass is 9.96. The lowest BCUT2D eigenvalue weighted by molar-refractivity contribution is 0.509. The van der Waals surface area contributed by atoms with Gasteiger partial charge in [0.25, 0.3) is 0 Å². The Kier molecular flexibility index (Phi) is 6.24. The van der Waals surface area contributed by atoms with Crippen molar-refractivity contribution in [1.82, 2.24) is 5.32 Å². The molecule has 1 aromatic rings. The molecule has 0 bridgehead atoms. The van der Waals surface area contributed by atoms with Gasteiger partial charge in [-0.05, 0) is 43.1 Å². The van der Waals surface area contributed by atoms with E-state index in [0.29, 0.717) is 16.5 Å². The minimum Gasteiger partial charge on any atom is -0.309 e. The first-order valence-electron chi connectivity index (χ1n) is 7.40. The standard InChI is InChI=1S/C16H24FNS2/c1-4-14-16(20-9-8-19-14)15(18-5-2)13-7-6-12(17)10-11(13)3/h6-7,10,14-16,18H,4-5,8-9H2,1-3H3. The molecule has 1 nitrogen and oxygen atoms in total. The summed E-state index contributed by atoms with van der Waals surface area (Å²) in [5.41, 5.74) is 2.31. The fourth-order valence-electron chi connectivity index (χ4n) is 2.86. The summed E-state index contributed by atoms with van der Waals surface area (Å²) in [6, 6.07) is 5.53. The molecule has 1 aliphatic rings. The molecule has 1 aliphatic heterocycles. The van der Waals surface area contributed by atoms with Crippen molar-refractivity contribution in [3.63, 3.8) is 0 Å². The molecule has 3 atom stereocenters. The lowest BCUT2D eigenvalue weighted by Crippen LogP contribution is -2.39. The molecule has 1 N–H and O–H groups in total. The topological polar surface area (TPSA) is 12.0 Å². The van der Waals surface area contributed by atoms with Gasteiger partial charge in [0.1, 0.15) is 5.82 Å². The zero-order valence-electron chi connectivity index (χ0n) is 12.5. The molecule has 2 rings (SSSR count). The summed E-state index contributed by atoms with van der Waals surface area (Å²) >= 11 is 4.17. The van der Waals surface area contributed by atoms with Crippen molar-refractivity contribution in [3.8, 4) is 0 Å². The Hall–Kier alpha value is -0.190. The fraction of sp³-hybridized carbons (Fsp3) is 0.625. The minimum absolute atomic E-state index is 0.140. The summed E-state index contributed by atoms with van der Waals surface area (Å²) in [7, 11) is 0. The average molecular weight is 314 g/mol. The summed E-state index contributed by atoms with van der Waals surface area (Å²) in [6.45, 7) is 7.38. The van der Waals surface area contributed by atoms with Crippen LogP contribution in [-0.2, 0) is 0 Å². The normalized spacial score (nSPS) is 24.6. The largest absolute Gasteiger partial charge is 0.309 e. The van der Waals surface area contributed by atoms with Gasteiger partial charge < -0.3 is 5.32 Å². The van der Waals surface area contributed by atoms with Crippen LogP contribution in [0, 0.1) is 12.7 Å². The van der Waals surface area contributed by atoms with Gasteiger partial charge in [0, 0.05) is 28.0 Å². The van der Waals surface area contributed by atoms with Crippen molar-refractivity contribution in [3.05, 3.63) is 35.1 Å². The van der Waals surface area contributed by atoms with E-state index in [2.05, 4.69) is 42.7 Å². The molecule has 0 aromatic heterocycles. The van der Waals surface area contributed by atoms with Gasteiger partial charge in [-0.2, -0.15) is 23.5 Å². The van der Waals surface area contributed by atoms with E-state index in [-0.39, 0.29) is 5.82 Å². The number of aryl methyl sites for hydroxylation is 1. The number of halogens is 1. The van der Waals surface area contributed by atoms with Gasteiger partial charge in [-0.15, -0.1) is 0 Å². The average Bonchev–Trinajstić information content (AvgIpc) is 2.45. The van der Waals surface area contributed by atoms with Crippen LogP contribution in [0.2, 0.25) is 0 Å². The highest BCUT2D eigenvalue weighted by molar-refractivity contribution is 8.07. The second kappa shape index (κ2) is 7.71. The maximum atomic E-state index is 13.4. The first kappa shape index (κ1) is 16.2. The van der Waals surface area contributed by atoms with Gasteiger partial charge in [-0.3, -0.25) is 0 Å². The van der Waals surface area contributed by atoms with Crippen molar-refractivity contribution >= 4 is 23.5 Å². The third kappa shape index (κ3) is 3.71. The molecule has 4 heteroatoms. The first-order valence-corrected chi connectivity index (χ1v) is 9.49. The summed E-state index contributed by atoms with van der Waals surface area (Å²) in [5, 5.41) is 4.89. The zero-order chi connectivity index (χ0) is 14.5. The van der Waals surface area contributed by atoms with Gasteiger partial charge in [0.15, 0.2) is 0 Å². The van der Waals surface area contributed by atoms with Crippen LogP contribution in [0.15, 0.2) is 18.2 Å². The van der Waals surface area contributed by atoms with E-state index in [1.807, 2.05) is 13.0 Å². The van der Waals surface area contributed by atoms with Crippen molar-refractivity contribution in [1.29, 1.82) is 0 Å². The maximum absolute atomic E-state index is 13.4. The molecular weight excluding hydrogens is 289 g/mol. The maximum Gasteiger partial charge on any atom is 0.123 e. The quantitative estimate of drug-likeness (QED) is 0.864. The number of nitrogens with one attached hydrogen (secondary N) is 1. The van der Waals surface area contributed by atoms with Crippen molar-refractivity contribution in [2.24, 2.45) is 0 Å². The molecule has 0 saturated carbocycles. The van der Waals surface area contributed by atoms with E-state index in [1.165, 1.54) is 23.5 Å². The van der Waals surface area contributed by atoms with Gasteiger partial charge >= 0.3 is 0 Å². The smallest absolute Gasteiger partial charge is 0.123 e. The van der Waals surface area contributed by atoms with Gasteiger partial charge in [0.2, 0.25) is 0 Å². The van der Waals surface area contributed by atoms with Crippen molar-refractivity contribution < 1.29 is 4.39 Å². The third-order valence-corrected chi connectivity index (χ3v) is 7.16. The van der Waals surface area contributed by atoms with E-state index in [4.69, 9.17) is 0 Å². The summed E-state index contributed by atoms with van der Waals surface area (Å²) in [5.74, 6) is 2.33. The van der Waals surface area contributed by atoms with Crippen LogP contribution in [-0.4, -0.2) is 28.6 Å². The first-order chi connectivity index (χ1) is 9.67. The monoisotopic (exact) mass is 313 g/mol. The van der Waals surface area contributed by atoms with Crippen LogP contribution in [0.3, 0.4) is 0 Å². The van der Waals surface area contributed by atoms with Crippen LogP contribution in [0.1, 0.15) is 37.4 Å².